The van der Waals surface area contributed by atoms with Crippen LogP contribution in [0.3, 0.4) is 0 Å². The predicted molar refractivity (Wildman–Crippen MR) is 97.5 cm³/mol. The van der Waals surface area contributed by atoms with Crippen LogP contribution in [0.25, 0.3) is 0 Å². The maximum atomic E-state index is 12.9. The van der Waals surface area contributed by atoms with E-state index >= 15 is 0 Å². The van der Waals surface area contributed by atoms with E-state index in [9.17, 15) is 13.2 Å². The minimum Gasteiger partial charge on any atom is -0.271 e. The quantitative estimate of drug-likeness (QED) is 0.788. The molecule has 0 aliphatic carbocycles. The lowest BCUT2D eigenvalue weighted by molar-refractivity contribution is -0.137. The Morgan fingerprint density at radius 2 is 1.85 bits per heavy atom. The molecule has 26 heavy (non-hydrogen) atoms. The van der Waals surface area contributed by atoms with Crippen molar-refractivity contribution in [3.05, 3.63) is 65.7 Å². The van der Waals surface area contributed by atoms with Gasteiger partial charge in [-0.25, -0.2) is 13.9 Å². The molecule has 1 fully saturated rings. The fourth-order valence-corrected chi connectivity index (χ4v) is 4.62. The van der Waals surface area contributed by atoms with Gasteiger partial charge in [0.05, 0.1) is 11.5 Å². The highest BCUT2D eigenvalue weighted by Gasteiger charge is 2.39. The number of hydroxylamine groups is 1. The predicted octanol–water partition coefficient (Wildman–Crippen LogP) is 2.40. The van der Waals surface area contributed by atoms with Crippen LogP contribution in [0.1, 0.15) is 24.0 Å². The van der Waals surface area contributed by atoms with E-state index in [2.05, 4.69) is 5.48 Å². The van der Waals surface area contributed by atoms with Crippen molar-refractivity contribution >= 4 is 15.9 Å². The lowest BCUT2D eigenvalue weighted by Gasteiger charge is -2.23. The summed E-state index contributed by atoms with van der Waals surface area (Å²) in [6.45, 7) is 2.45. The van der Waals surface area contributed by atoms with Gasteiger partial charge in [-0.3, -0.25) is 9.63 Å². The molecule has 1 amide bonds. The summed E-state index contributed by atoms with van der Waals surface area (Å²) >= 11 is 0. The van der Waals surface area contributed by atoms with Gasteiger partial charge in [0, 0.05) is 6.54 Å². The number of hydrogen-bond acceptors (Lipinski definition) is 4. The van der Waals surface area contributed by atoms with E-state index in [1.807, 2.05) is 37.3 Å². The van der Waals surface area contributed by atoms with Crippen LogP contribution in [0.4, 0.5) is 0 Å². The molecule has 1 atom stereocenters. The molecule has 0 radical (unpaired) electrons. The number of carbonyl (C=O) groups is 1. The second kappa shape index (κ2) is 7.99. The van der Waals surface area contributed by atoms with Crippen LogP contribution < -0.4 is 5.48 Å². The van der Waals surface area contributed by atoms with Crippen molar-refractivity contribution in [1.82, 2.24) is 9.79 Å². The molecular formula is C19H22N2O4S. The Balaban J connectivity index is 1.65. The molecule has 0 aromatic heterocycles. The first kappa shape index (κ1) is 18.6. The largest absolute Gasteiger partial charge is 0.271 e. The van der Waals surface area contributed by atoms with Gasteiger partial charge in [-0.2, -0.15) is 4.31 Å². The normalized spacial score (nSPS) is 18.0. The molecule has 7 heteroatoms. The number of sulfonamides is 1. The fourth-order valence-electron chi connectivity index (χ4n) is 2.97. The number of benzene rings is 2. The minimum atomic E-state index is -3.71. The van der Waals surface area contributed by atoms with Gasteiger partial charge in [0.15, 0.2) is 0 Å². The van der Waals surface area contributed by atoms with Crippen LogP contribution in [0, 0.1) is 6.92 Å². The second-order valence-corrected chi connectivity index (χ2v) is 8.22. The average Bonchev–Trinajstić information content (AvgIpc) is 3.14. The van der Waals surface area contributed by atoms with Crippen LogP contribution in [0.5, 0.6) is 0 Å². The summed E-state index contributed by atoms with van der Waals surface area (Å²) in [4.78, 5) is 17.9. The van der Waals surface area contributed by atoms with Crippen LogP contribution in [0.15, 0.2) is 59.5 Å². The maximum absolute atomic E-state index is 12.9. The van der Waals surface area contributed by atoms with Crippen molar-refractivity contribution in [3.63, 3.8) is 0 Å². The number of amides is 1. The zero-order chi connectivity index (χ0) is 18.6. The molecule has 0 unspecified atom stereocenters. The Morgan fingerprint density at radius 3 is 2.54 bits per heavy atom. The molecule has 0 saturated carbocycles. The minimum absolute atomic E-state index is 0.202. The molecule has 1 heterocycles. The van der Waals surface area contributed by atoms with Crippen LogP contribution in [-0.2, 0) is 26.3 Å². The monoisotopic (exact) mass is 374 g/mol. The third-order valence-electron chi connectivity index (χ3n) is 4.39. The SMILES string of the molecule is Cc1ccc(S(=O)(=O)N2CCC[C@@H]2C(=O)NOCc2ccccc2)cc1. The topological polar surface area (TPSA) is 75.7 Å². The third kappa shape index (κ3) is 4.12. The zero-order valence-electron chi connectivity index (χ0n) is 14.6. The smallest absolute Gasteiger partial charge is 0.261 e. The van der Waals surface area contributed by atoms with Crippen molar-refractivity contribution in [2.75, 3.05) is 6.54 Å². The molecule has 3 rings (SSSR count). The molecule has 1 aliphatic heterocycles. The summed E-state index contributed by atoms with van der Waals surface area (Å²) in [6.07, 6.45) is 1.12. The van der Waals surface area contributed by atoms with Crippen LogP contribution in [-0.4, -0.2) is 31.2 Å². The number of rotatable bonds is 6. The Labute approximate surface area is 153 Å². The number of hydrogen-bond donors (Lipinski definition) is 1. The molecule has 2 aromatic rings. The van der Waals surface area contributed by atoms with E-state index in [0.717, 1.165) is 11.1 Å². The van der Waals surface area contributed by atoms with Crippen molar-refractivity contribution in [1.29, 1.82) is 0 Å². The number of nitrogens with one attached hydrogen (secondary N) is 1. The van der Waals surface area contributed by atoms with Gasteiger partial charge >= 0.3 is 0 Å². The molecule has 138 valence electrons. The van der Waals surface area contributed by atoms with Crippen molar-refractivity contribution in [2.24, 2.45) is 0 Å². The van der Waals surface area contributed by atoms with Crippen LogP contribution in [0.2, 0.25) is 0 Å². The fraction of sp³-hybridized carbons (Fsp3) is 0.316. The van der Waals surface area contributed by atoms with Crippen molar-refractivity contribution < 1.29 is 18.0 Å². The standard InChI is InChI=1S/C19H22N2O4S/c1-15-9-11-17(12-10-15)26(23,24)21-13-5-8-18(21)19(22)20-25-14-16-6-3-2-4-7-16/h2-4,6-7,9-12,18H,5,8,13-14H2,1H3,(H,20,22)/t18-/m1/s1. The first-order chi connectivity index (χ1) is 12.5. The summed E-state index contributed by atoms with van der Waals surface area (Å²) in [6, 6.07) is 15.3. The van der Waals surface area contributed by atoms with Gasteiger partial charge in [-0.15, -0.1) is 0 Å². The van der Waals surface area contributed by atoms with Gasteiger partial charge in [0.1, 0.15) is 6.04 Å². The molecule has 0 spiro atoms. The molecule has 1 saturated heterocycles. The first-order valence-corrected chi connectivity index (χ1v) is 9.96. The third-order valence-corrected chi connectivity index (χ3v) is 6.31. The molecule has 6 nitrogen and oxygen atoms in total. The molecule has 2 aromatic carbocycles. The van der Waals surface area contributed by atoms with Crippen LogP contribution >= 0.6 is 0 Å². The van der Waals surface area contributed by atoms with E-state index in [1.165, 1.54) is 4.31 Å². The Morgan fingerprint density at radius 1 is 1.15 bits per heavy atom. The van der Waals surface area contributed by atoms with Crippen molar-refractivity contribution in [2.45, 2.75) is 37.3 Å². The highest BCUT2D eigenvalue weighted by atomic mass is 32.2. The number of carbonyl (C=O) groups excluding carboxylic acids is 1. The molecule has 1 aliphatic rings. The van der Waals surface area contributed by atoms with Crippen molar-refractivity contribution in [3.8, 4) is 0 Å². The second-order valence-electron chi connectivity index (χ2n) is 6.33. The van der Waals surface area contributed by atoms with Gasteiger partial charge < -0.3 is 0 Å². The highest BCUT2D eigenvalue weighted by molar-refractivity contribution is 7.89. The Bertz CT molecular complexity index is 851. The van der Waals surface area contributed by atoms with E-state index < -0.39 is 22.0 Å². The lowest BCUT2D eigenvalue weighted by Crippen LogP contribution is -2.45. The van der Waals surface area contributed by atoms with E-state index in [0.29, 0.717) is 19.4 Å². The molecule has 1 N–H and O–H groups in total. The highest BCUT2D eigenvalue weighted by Crippen LogP contribution is 2.26. The first-order valence-electron chi connectivity index (χ1n) is 8.52. The van der Waals surface area contributed by atoms with Gasteiger partial charge in [0.2, 0.25) is 10.0 Å². The molecule has 0 bridgehead atoms. The summed E-state index contributed by atoms with van der Waals surface area (Å²) in [5.74, 6) is -0.436. The maximum Gasteiger partial charge on any atom is 0.261 e. The van der Waals surface area contributed by atoms with Gasteiger partial charge in [0.25, 0.3) is 5.91 Å². The lowest BCUT2D eigenvalue weighted by atomic mass is 10.2. The van der Waals surface area contributed by atoms with Gasteiger partial charge in [-0.1, -0.05) is 48.0 Å². The van der Waals surface area contributed by atoms with Gasteiger partial charge in [-0.05, 0) is 37.5 Å². The number of nitrogens with zero attached hydrogens (tertiary/aromatic N) is 1. The van der Waals surface area contributed by atoms with E-state index in [-0.39, 0.29) is 11.5 Å². The Kier molecular flexibility index (Phi) is 5.70. The average molecular weight is 374 g/mol. The summed E-state index contributed by atoms with van der Waals surface area (Å²) < 4.78 is 27.0. The molecular weight excluding hydrogens is 352 g/mol. The Hall–Kier alpha value is -2.22. The number of aryl methyl sites for hydroxylation is 1. The summed E-state index contributed by atoms with van der Waals surface area (Å²) in [7, 11) is -3.71. The van der Waals surface area contributed by atoms with E-state index in [4.69, 9.17) is 4.84 Å². The summed E-state index contributed by atoms with van der Waals surface area (Å²) in [5.41, 5.74) is 4.29. The summed E-state index contributed by atoms with van der Waals surface area (Å²) in [5, 5.41) is 0. The zero-order valence-corrected chi connectivity index (χ0v) is 15.4. The van der Waals surface area contributed by atoms with E-state index in [1.54, 1.807) is 24.3 Å².